The average Bonchev–Trinajstić information content (AvgIpc) is 2.06. The van der Waals surface area contributed by atoms with Crippen molar-refractivity contribution in [2.75, 3.05) is 12.4 Å². The third kappa shape index (κ3) is 3.63. The topological polar surface area (TPSA) is 20.2 Å². The molecule has 1 fully saturated rings. The van der Waals surface area contributed by atoms with Crippen LogP contribution in [0.25, 0.3) is 0 Å². The number of aliphatic hydroxyl groups is 1. The molecule has 2 heteroatoms. The van der Waals surface area contributed by atoms with Crippen LogP contribution in [-0.2, 0) is 0 Å². The molecule has 0 saturated carbocycles. The van der Waals surface area contributed by atoms with Crippen LogP contribution in [0.1, 0.15) is 32.1 Å². The van der Waals surface area contributed by atoms with Gasteiger partial charge in [0.2, 0.25) is 0 Å². The van der Waals surface area contributed by atoms with Crippen molar-refractivity contribution in [2.24, 2.45) is 0 Å². The van der Waals surface area contributed by atoms with Gasteiger partial charge in [-0.3, -0.25) is 0 Å². The molecule has 12 heavy (non-hydrogen) atoms. The largest absolute Gasteiger partial charge is 0.396 e. The summed E-state index contributed by atoms with van der Waals surface area (Å²) in [6.45, 7) is 4.23. The second-order valence-corrected chi connectivity index (χ2v) is 4.82. The van der Waals surface area contributed by atoms with Gasteiger partial charge in [0, 0.05) is 11.9 Å². The van der Waals surface area contributed by atoms with Crippen molar-refractivity contribution in [3.05, 3.63) is 12.2 Å². The van der Waals surface area contributed by atoms with Gasteiger partial charge < -0.3 is 5.11 Å². The minimum Gasteiger partial charge on any atom is -0.396 e. The fourth-order valence-corrected chi connectivity index (χ4v) is 2.94. The second-order valence-electron chi connectivity index (χ2n) is 3.42. The zero-order chi connectivity index (χ0) is 8.81. The van der Waals surface area contributed by atoms with Gasteiger partial charge in [0.25, 0.3) is 0 Å². The molecule has 0 aromatic rings. The Morgan fingerprint density at radius 2 is 2.33 bits per heavy atom. The number of aliphatic hydroxyl groups excluding tert-OH is 1. The highest BCUT2D eigenvalue weighted by Gasteiger charge is 2.14. The van der Waals surface area contributed by atoms with E-state index in [2.05, 4.69) is 18.3 Å². The minimum absolute atomic E-state index is 0.260. The SMILES string of the molecule is C=C(CCO)CC1CCCCS1. The highest BCUT2D eigenvalue weighted by molar-refractivity contribution is 7.99. The van der Waals surface area contributed by atoms with E-state index in [4.69, 9.17) is 5.11 Å². The first-order chi connectivity index (χ1) is 5.83. The van der Waals surface area contributed by atoms with E-state index in [-0.39, 0.29) is 6.61 Å². The normalized spacial score (nSPS) is 23.9. The maximum Gasteiger partial charge on any atom is 0.0468 e. The molecule has 1 aliphatic rings. The van der Waals surface area contributed by atoms with Gasteiger partial charge in [-0.15, -0.1) is 0 Å². The van der Waals surface area contributed by atoms with E-state index in [1.54, 1.807) is 0 Å². The summed E-state index contributed by atoms with van der Waals surface area (Å²) in [4.78, 5) is 0. The molecule has 1 aliphatic heterocycles. The summed E-state index contributed by atoms with van der Waals surface area (Å²) < 4.78 is 0. The van der Waals surface area contributed by atoms with Crippen molar-refractivity contribution < 1.29 is 5.11 Å². The molecule has 1 rings (SSSR count). The fraction of sp³-hybridized carbons (Fsp3) is 0.800. The van der Waals surface area contributed by atoms with Crippen molar-refractivity contribution in [3.8, 4) is 0 Å². The van der Waals surface area contributed by atoms with Crippen molar-refractivity contribution in [1.29, 1.82) is 0 Å². The second kappa shape index (κ2) is 5.65. The highest BCUT2D eigenvalue weighted by Crippen LogP contribution is 2.29. The van der Waals surface area contributed by atoms with Gasteiger partial charge in [-0.05, 0) is 31.4 Å². The molecule has 1 atom stereocenters. The van der Waals surface area contributed by atoms with Gasteiger partial charge in [-0.25, -0.2) is 0 Å². The van der Waals surface area contributed by atoms with E-state index in [0.717, 1.165) is 18.1 Å². The molecule has 0 aromatic heterocycles. The molecule has 1 saturated heterocycles. The van der Waals surface area contributed by atoms with Crippen LogP contribution < -0.4 is 0 Å². The maximum atomic E-state index is 8.70. The van der Waals surface area contributed by atoms with Crippen LogP contribution in [0, 0.1) is 0 Å². The standard InChI is InChI=1S/C10H18OS/c1-9(5-6-11)8-10-4-2-3-7-12-10/h10-11H,1-8H2. The fourth-order valence-electron chi connectivity index (χ4n) is 1.55. The van der Waals surface area contributed by atoms with Crippen molar-refractivity contribution in [2.45, 2.75) is 37.4 Å². The van der Waals surface area contributed by atoms with E-state index in [9.17, 15) is 0 Å². The summed E-state index contributed by atoms with van der Waals surface area (Å²) in [7, 11) is 0. The maximum absolute atomic E-state index is 8.70. The molecule has 0 radical (unpaired) electrons. The molecule has 1 unspecified atom stereocenters. The molecule has 0 spiro atoms. The predicted octanol–water partition coefficient (Wildman–Crippen LogP) is 2.60. The van der Waals surface area contributed by atoms with Gasteiger partial charge in [0.15, 0.2) is 0 Å². The van der Waals surface area contributed by atoms with Gasteiger partial charge >= 0.3 is 0 Å². The van der Waals surface area contributed by atoms with Crippen LogP contribution in [0.5, 0.6) is 0 Å². The Bertz CT molecular complexity index is 139. The third-order valence-corrected chi connectivity index (χ3v) is 3.65. The first kappa shape index (κ1) is 10.1. The first-order valence-electron chi connectivity index (χ1n) is 4.72. The van der Waals surface area contributed by atoms with Crippen LogP contribution >= 0.6 is 11.8 Å². The Labute approximate surface area is 79.2 Å². The van der Waals surface area contributed by atoms with Gasteiger partial charge in [0.05, 0.1) is 0 Å². The summed E-state index contributed by atoms with van der Waals surface area (Å²) in [5, 5.41) is 9.49. The molecule has 1 N–H and O–H groups in total. The molecular formula is C10H18OS. The van der Waals surface area contributed by atoms with Crippen molar-refractivity contribution >= 4 is 11.8 Å². The number of rotatable bonds is 4. The predicted molar refractivity (Wildman–Crippen MR) is 55.6 cm³/mol. The first-order valence-corrected chi connectivity index (χ1v) is 5.77. The van der Waals surface area contributed by atoms with E-state index < -0.39 is 0 Å². The summed E-state index contributed by atoms with van der Waals surface area (Å²) in [5.41, 5.74) is 1.22. The summed E-state index contributed by atoms with van der Waals surface area (Å²) in [6, 6.07) is 0. The van der Waals surface area contributed by atoms with Crippen molar-refractivity contribution in [1.82, 2.24) is 0 Å². The monoisotopic (exact) mass is 186 g/mol. The third-order valence-electron chi connectivity index (χ3n) is 2.26. The number of thioether (sulfide) groups is 1. The molecule has 1 nitrogen and oxygen atoms in total. The van der Waals surface area contributed by atoms with E-state index in [0.29, 0.717) is 0 Å². The van der Waals surface area contributed by atoms with Crippen LogP contribution in [0.15, 0.2) is 12.2 Å². The lowest BCUT2D eigenvalue weighted by atomic mass is 10.0. The molecule has 70 valence electrons. The molecular weight excluding hydrogens is 168 g/mol. The molecule has 0 bridgehead atoms. The lowest BCUT2D eigenvalue weighted by Gasteiger charge is -2.21. The van der Waals surface area contributed by atoms with Gasteiger partial charge in [-0.2, -0.15) is 11.8 Å². The average molecular weight is 186 g/mol. The van der Waals surface area contributed by atoms with E-state index in [1.165, 1.54) is 30.6 Å². The molecule has 1 heterocycles. The smallest absolute Gasteiger partial charge is 0.0468 e. The Morgan fingerprint density at radius 3 is 2.92 bits per heavy atom. The lowest BCUT2D eigenvalue weighted by molar-refractivity contribution is 0.298. The van der Waals surface area contributed by atoms with Crippen LogP contribution in [0.3, 0.4) is 0 Å². The van der Waals surface area contributed by atoms with Crippen LogP contribution in [0.2, 0.25) is 0 Å². The lowest BCUT2D eigenvalue weighted by Crippen LogP contribution is -2.10. The highest BCUT2D eigenvalue weighted by atomic mass is 32.2. The summed E-state index contributed by atoms with van der Waals surface area (Å²) >= 11 is 2.07. The Morgan fingerprint density at radius 1 is 1.50 bits per heavy atom. The van der Waals surface area contributed by atoms with E-state index in [1.807, 2.05) is 0 Å². The number of hydrogen-bond acceptors (Lipinski definition) is 2. The Balaban J connectivity index is 2.15. The summed E-state index contributed by atoms with van der Waals surface area (Å²) in [6.07, 6.45) is 6.01. The summed E-state index contributed by atoms with van der Waals surface area (Å²) in [5.74, 6) is 1.32. The van der Waals surface area contributed by atoms with Crippen LogP contribution in [-0.4, -0.2) is 22.7 Å². The number of hydrogen-bond donors (Lipinski definition) is 1. The quantitative estimate of drug-likeness (QED) is 0.681. The zero-order valence-corrected chi connectivity index (χ0v) is 8.41. The van der Waals surface area contributed by atoms with Crippen molar-refractivity contribution in [3.63, 3.8) is 0 Å². The minimum atomic E-state index is 0.260. The molecule has 0 aromatic carbocycles. The zero-order valence-electron chi connectivity index (χ0n) is 7.59. The Hall–Kier alpha value is 0.0500. The van der Waals surface area contributed by atoms with Gasteiger partial charge in [-0.1, -0.05) is 18.6 Å². The Kier molecular flexibility index (Phi) is 4.77. The molecule has 0 aliphatic carbocycles. The molecule has 0 amide bonds. The van der Waals surface area contributed by atoms with E-state index >= 15 is 0 Å². The van der Waals surface area contributed by atoms with Crippen LogP contribution in [0.4, 0.5) is 0 Å². The van der Waals surface area contributed by atoms with Gasteiger partial charge in [0.1, 0.15) is 0 Å².